The fraction of sp³-hybridized carbons (Fsp3) is 0.550. The molecule has 4 rings (SSSR count). The molecule has 1 saturated heterocycles. The van der Waals surface area contributed by atoms with Crippen molar-refractivity contribution in [3.8, 4) is 10.8 Å². The lowest BCUT2D eigenvalue weighted by atomic mass is 10.0. The van der Waals surface area contributed by atoms with Crippen molar-refractivity contribution in [2.45, 2.75) is 38.5 Å². The van der Waals surface area contributed by atoms with Crippen LogP contribution in [0.25, 0.3) is 10.8 Å². The maximum Gasteiger partial charge on any atom is 0.273 e. The average Bonchev–Trinajstić information content (AvgIpc) is 3.47. The number of hydrogen-bond acceptors (Lipinski definition) is 5. The van der Waals surface area contributed by atoms with E-state index < -0.39 is 0 Å². The Morgan fingerprint density at radius 2 is 1.89 bits per heavy atom. The van der Waals surface area contributed by atoms with E-state index in [1.165, 1.54) is 37.0 Å². The lowest BCUT2D eigenvalue weighted by Crippen LogP contribution is -2.50. The van der Waals surface area contributed by atoms with Gasteiger partial charge in [0.25, 0.3) is 5.91 Å². The molecule has 27 heavy (non-hydrogen) atoms. The first-order valence-corrected chi connectivity index (χ1v) is 10.6. The van der Waals surface area contributed by atoms with Gasteiger partial charge in [0.15, 0.2) is 10.8 Å². The van der Waals surface area contributed by atoms with Gasteiger partial charge in [-0.15, -0.1) is 11.3 Å². The van der Waals surface area contributed by atoms with E-state index in [-0.39, 0.29) is 11.8 Å². The van der Waals surface area contributed by atoms with Crippen LogP contribution in [0, 0.1) is 5.92 Å². The first kappa shape index (κ1) is 18.2. The smallest absolute Gasteiger partial charge is 0.273 e. The molecule has 0 unspecified atom stereocenters. The molecule has 1 aliphatic carbocycles. The third-order valence-corrected chi connectivity index (χ3v) is 6.47. The van der Waals surface area contributed by atoms with Gasteiger partial charge < -0.3 is 14.2 Å². The third-order valence-electron chi connectivity index (χ3n) is 5.62. The van der Waals surface area contributed by atoms with Crippen LogP contribution in [0.4, 0.5) is 0 Å². The summed E-state index contributed by atoms with van der Waals surface area (Å²) < 4.78 is 5.34. The number of hydrogen-bond donors (Lipinski definition) is 0. The van der Waals surface area contributed by atoms with E-state index in [1.54, 1.807) is 22.6 Å². The number of rotatable bonds is 5. The molecule has 2 aliphatic rings. The highest BCUT2D eigenvalue weighted by atomic mass is 32.1. The largest absolute Gasteiger partial charge is 0.462 e. The Morgan fingerprint density at radius 3 is 2.59 bits per heavy atom. The molecule has 1 saturated carbocycles. The topological polar surface area (TPSA) is 66.7 Å². The van der Waals surface area contributed by atoms with Crippen molar-refractivity contribution in [2.24, 2.45) is 5.92 Å². The van der Waals surface area contributed by atoms with Crippen molar-refractivity contribution < 1.29 is 14.0 Å². The van der Waals surface area contributed by atoms with Gasteiger partial charge >= 0.3 is 0 Å². The van der Waals surface area contributed by atoms with E-state index in [0.717, 1.165) is 12.3 Å². The minimum absolute atomic E-state index is 0.0675. The van der Waals surface area contributed by atoms with Crippen molar-refractivity contribution in [3.63, 3.8) is 0 Å². The zero-order valence-corrected chi connectivity index (χ0v) is 16.2. The molecule has 0 bridgehead atoms. The quantitative estimate of drug-likeness (QED) is 0.785. The first-order valence-electron chi connectivity index (χ1n) is 9.77. The van der Waals surface area contributed by atoms with E-state index in [1.807, 2.05) is 11.0 Å². The van der Waals surface area contributed by atoms with Crippen LogP contribution >= 0.6 is 11.3 Å². The van der Waals surface area contributed by atoms with Crippen molar-refractivity contribution in [3.05, 3.63) is 29.5 Å². The molecule has 7 heteroatoms. The molecule has 2 aromatic heterocycles. The summed E-state index contributed by atoms with van der Waals surface area (Å²) in [6, 6.07) is 3.64. The number of carbonyl (C=O) groups is 2. The van der Waals surface area contributed by atoms with Crippen LogP contribution in [0.1, 0.15) is 49.0 Å². The lowest BCUT2D eigenvalue weighted by Gasteiger charge is -2.34. The molecule has 0 aromatic carbocycles. The summed E-state index contributed by atoms with van der Waals surface area (Å²) in [5, 5.41) is 2.49. The second-order valence-electron chi connectivity index (χ2n) is 7.38. The van der Waals surface area contributed by atoms with E-state index in [0.29, 0.717) is 49.1 Å². The number of aromatic nitrogens is 1. The minimum Gasteiger partial charge on any atom is -0.462 e. The molecule has 2 fully saturated rings. The predicted molar refractivity (Wildman–Crippen MR) is 103 cm³/mol. The molecule has 0 N–H and O–H groups in total. The van der Waals surface area contributed by atoms with Gasteiger partial charge in [-0.25, -0.2) is 4.98 Å². The second-order valence-corrected chi connectivity index (χ2v) is 8.24. The van der Waals surface area contributed by atoms with Crippen LogP contribution in [0.5, 0.6) is 0 Å². The number of carbonyl (C=O) groups excluding carboxylic acids is 2. The summed E-state index contributed by atoms with van der Waals surface area (Å²) in [6.45, 7) is 2.37. The summed E-state index contributed by atoms with van der Waals surface area (Å²) in [5.74, 6) is 1.59. The summed E-state index contributed by atoms with van der Waals surface area (Å²) in [6.07, 6.45) is 8.47. The van der Waals surface area contributed by atoms with Gasteiger partial charge in [-0.3, -0.25) is 9.59 Å². The summed E-state index contributed by atoms with van der Waals surface area (Å²) in [5.41, 5.74) is 0.451. The predicted octanol–water partition coefficient (Wildman–Crippen LogP) is 3.66. The SMILES string of the molecule is O=C(CCC1CCCC1)N1CCN(C(=O)c2csc(-c3ccco3)n2)CC1. The second kappa shape index (κ2) is 8.25. The summed E-state index contributed by atoms with van der Waals surface area (Å²) >= 11 is 1.41. The van der Waals surface area contributed by atoms with Crippen LogP contribution in [-0.2, 0) is 4.79 Å². The van der Waals surface area contributed by atoms with Crippen LogP contribution in [0.3, 0.4) is 0 Å². The molecule has 144 valence electrons. The van der Waals surface area contributed by atoms with Gasteiger partial charge in [0.05, 0.1) is 6.26 Å². The highest BCUT2D eigenvalue weighted by molar-refractivity contribution is 7.13. The van der Waals surface area contributed by atoms with E-state index in [9.17, 15) is 9.59 Å². The van der Waals surface area contributed by atoms with Crippen molar-refractivity contribution in [1.29, 1.82) is 0 Å². The molecular formula is C20H25N3O3S. The number of furan rings is 1. The zero-order valence-electron chi connectivity index (χ0n) is 15.4. The Bertz CT molecular complexity index is 772. The van der Waals surface area contributed by atoms with Gasteiger partial charge in [-0.05, 0) is 24.5 Å². The standard InChI is InChI=1S/C20H25N3O3S/c24-18(8-7-15-4-1-2-5-15)22-9-11-23(12-10-22)20(25)16-14-27-19(21-16)17-6-3-13-26-17/h3,6,13-15H,1-2,4-5,7-12H2. The van der Waals surface area contributed by atoms with E-state index >= 15 is 0 Å². The number of nitrogens with zero attached hydrogens (tertiary/aromatic N) is 3. The number of piperazine rings is 1. The maximum absolute atomic E-state index is 12.7. The van der Waals surface area contributed by atoms with E-state index in [4.69, 9.17) is 4.42 Å². The van der Waals surface area contributed by atoms with Crippen LogP contribution in [-0.4, -0.2) is 52.8 Å². The molecule has 6 nitrogen and oxygen atoms in total. The number of amides is 2. The van der Waals surface area contributed by atoms with Gasteiger partial charge in [-0.1, -0.05) is 25.7 Å². The van der Waals surface area contributed by atoms with E-state index in [2.05, 4.69) is 4.98 Å². The van der Waals surface area contributed by atoms with Crippen LogP contribution in [0.2, 0.25) is 0 Å². The Kier molecular flexibility index (Phi) is 5.57. The van der Waals surface area contributed by atoms with Crippen molar-refractivity contribution >= 4 is 23.2 Å². The summed E-state index contributed by atoms with van der Waals surface area (Å²) in [7, 11) is 0. The van der Waals surface area contributed by atoms with Crippen molar-refractivity contribution in [1.82, 2.24) is 14.8 Å². The normalized spacial score (nSPS) is 18.2. The monoisotopic (exact) mass is 387 g/mol. The average molecular weight is 388 g/mol. The minimum atomic E-state index is -0.0675. The molecule has 0 atom stereocenters. The molecule has 1 aliphatic heterocycles. The maximum atomic E-state index is 12.7. The molecule has 2 amide bonds. The van der Waals surface area contributed by atoms with Crippen LogP contribution < -0.4 is 0 Å². The van der Waals surface area contributed by atoms with Crippen molar-refractivity contribution in [2.75, 3.05) is 26.2 Å². The Morgan fingerprint density at radius 1 is 1.15 bits per heavy atom. The fourth-order valence-corrected chi connectivity index (χ4v) is 4.75. The van der Waals surface area contributed by atoms with Gasteiger partial charge in [0.1, 0.15) is 5.69 Å². The lowest BCUT2D eigenvalue weighted by molar-refractivity contribution is -0.133. The molecule has 0 spiro atoms. The van der Waals surface area contributed by atoms with Crippen LogP contribution in [0.15, 0.2) is 28.2 Å². The Labute approximate surface area is 163 Å². The summed E-state index contributed by atoms with van der Waals surface area (Å²) in [4.78, 5) is 33.2. The first-order chi connectivity index (χ1) is 13.2. The molecule has 3 heterocycles. The van der Waals surface area contributed by atoms with Gasteiger partial charge in [0.2, 0.25) is 5.91 Å². The molecule has 2 aromatic rings. The molecule has 0 radical (unpaired) electrons. The molecular weight excluding hydrogens is 362 g/mol. The highest BCUT2D eigenvalue weighted by Crippen LogP contribution is 2.29. The van der Waals surface area contributed by atoms with Gasteiger partial charge in [-0.2, -0.15) is 0 Å². The third kappa shape index (κ3) is 4.24. The Balaban J connectivity index is 1.27. The fourth-order valence-electron chi connectivity index (χ4n) is 3.99. The highest BCUT2D eigenvalue weighted by Gasteiger charge is 2.27. The Hall–Kier alpha value is -2.15. The zero-order chi connectivity index (χ0) is 18.6. The number of thiazole rings is 1. The van der Waals surface area contributed by atoms with Gasteiger partial charge in [0, 0.05) is 38.0 Å².